The molecule has 7 nitrogen and oxygen atoms in total. The number of nitro groups is 1. The summed E-state index contributed by atoms with van der Waals surface area (Å²) in [5, 5.41) is 20.4. The van der Waals surface area contributed by atoms with Gasteiger partial charge in [0, 0.05) is 42.7 Å². The molecule has 1 aromatic carbocycles. The largest absolute Gasteiger partial charge is 0.502 e. The molecule has 1 heterocycles. The van der Waals surface area contributed by atoms with Crippen molar-refractivity contribution in [3.63, 3.8) is 0 Å². The average Bonchev–Trinajstić information content (AvgIpc) is 2.92. The monoisotopic (exact) mass is 320 g/mol. The van der Waals surface area contributed by atoms with Crippen LogP contribution in [0.2, 0.25) is 0 Å². The van der Waals surface area contributed by atoms with Crippen LogP contribution in [0.25, 0.3) is 0 Å². The summed E-state index contributed by atoms with van der Waals surface area (Å²) >= 11 is 0. The number of hydrogen-bond donors (Lipinski definition) is 1. The second-order valence-corrected chi connectivity index (χ2v) is 6.89. The molecule has 0 aromatic heterocycles. The van der Waals surface area contributed by atoms with Gasteiger partial charge in [-0.3, -0.25) is 14.9 Å². The van der Waals surface area contributed by atoms with Gasteiger partial charge in [-0.05, 0) is 18.6 Å². The fourth-order valence-corrected chi connectivity index (χ4v) is 4.22. The van der Waals surface area contributed by atoms with E-state index in [9.17, 15) is 20.0 Å². The molecule has 1 N–H and O–H groups in total. The minimum atomic E-state index is -0.694. The molecule has 23 heavy (non-hydrogen) atoms. The second kappa shape index (κ2) is 5.19. The van der Waals surface area contributed by atoms with Crippen LogP contribution < -0.4 is 0 Å². The van der Waals surface area contributed by atoms with Crippen molar-refractivity contribution < 1.29 is 19.6 Å². The number of aromatic hydroxyl groups is 1. The van der Waals surface area contributed by atoms with Crippen molar-refractivity contribution in [1.82, 2.24) is 4.90 Å². The van der Waals surface area contributed by atoms with Gasteiger partial charge >= 0.3 is 5.69 Å². The Hall–Kier alpha value is -2.15. The first-order chi connectivity index (χ1) is 10.7. The molecule has 2 fully saturated rings. The third-order valence-corrected chi connectivity index (χ3v) is 5.20. The van der Waals surface area contributed by atoms with E-state index in [1.165, 1.54) is 12.1 Å². The third kappa shape index (κ3) is 2.26. The van der Waals surface area contributed by atoms with Crippen molar-refractivity contribution >= 4 is 11.6 Å². The van der Waals surface area contributed by atoms with E-state index in [1.807, 2.05) is 0 Å². The summed E-state index contributed by atoms with van der Waals surface area (Å²) in [7, 11) is 1.72. The number of phenols is 1. The standard InChI is InChI=1S/C16H20N2O5/c1-16(2)13(10-6-7-23-14(10)16)17(3)15(20)9-4-5-12(19)11(8-9)18(21)22/h4-5,8,10,13-14,19H,6-7H2,1-3H3/t10-,13-,14-/m1/s1. The summed E-state index contributed by atoms with van der Waals surface area (Å²) < 4.78 is 5.74. The van der Waals surface area contributed by atoms with Gasteiger partial charge in [-0.2, -0.15) is 0 Å². The molecule has 1 aromatic rings. The average molecular weight is 320 g/mol. The van der Waals surface area contributed by atoms with Gasteiger partial charge in [0.15, 0.2) is 5.75 Å². The Morgan fingerprint density at radius 3 is 2.83 bits per heavy atom. The highest BCUT2D eigenvalue weighted by atomic mass is 16.6. The maximum absolute atomic E-state index is 12.7. The Labute approximate surface area is 134 Å². The van der Waals surface area contributed by atoms with Crippen LogP contribution in [0.5, 0.6) is 5.75 Å². The highest BCUT2D eigenvalue weighted by Crippen LogP contribution is 2.54. The highest BCUT2D eigenvalue weighted by Gasteiger charge is 2.61. The summed E-state index contributed by atoms with van der Waals surface area (Å²) in [4.78, 5) is 24.6. The first-order valence-corrected chi connectivity index (χ1v) is 7.61. The third-order valence-electron chi connectivity index (χ3n) is 5.20. The van der Waals surface area contributed by atoms with Gasteiger partial charge in [0.2, 0.25) is 0 Å². The van der Waals surface area contributed by atoms with Crippen LogP contribution in [0.1, 0.15) is 30.6 Å². The molecule has 1 saturated heterocycles. The van der Waals surface area contributed by atoms with Crippen molar-refractivity contribution in [3.8, 4) is 5.75 Å². The zero-order valence-corrected chi connectivity index (χ0v) is 13.4. The van der Waals surface area contributed by atoms with E-state index in [4.69, 9.17) is 4.74 Å². The number of amides is 1. The number of rotatable bonds is 3. The molecule has 1 aliphatic carbocycles. The van der Waals surface area contributed by atoms with Crippen LogP contribution >= 0.6 is 0 Å². The lowest BCUT2D eigenvalue weighted by atomic mass is 9.56. The van der Waals surface area contributed by atoms with Gasteiger partial charge in [-0.25, -0.2) is 0 Å². The fraction of sp³-hybridized carbons (Fsp3) is 0.562. The van der Waals surface area contributed by atoms with Crippen LogP contribution in [0.3, 0.4) is 0 Å². The Bertz CT molecular complexity index is 672. The minimum Gasteiger partial charge on any atom is -0.502 e. The van der Waals surface area contributed by atoms with Crippen molar-refractivity contribution in [2.45, 2.75) is 32.4 Å². The fourth-order valence-electron chi connectivity index (χ4n) is 4.22. The number of nitro benzene ring substituents is 1. The van der Waals surface area contributed by atoms with E-state index < -0.39 is 16.4 Å². The summed E-state index contributed by atoms with van der Waals surface area (Å²) in [6.07, 6.45) is 1.09. The summed E-state index contributed by atoms with van der Waals surface area (Å²) in [5.41, 5.74) is -0.400. The summed E-state index contributed by atoms with van der Waals surface area (Å²) in [6.45, 7) is 4.86. The van der Waals surface area contributed by atoms with E-state index in [-0.39, 0.29) is 29.0 Å². The molecule has 7 heteroatoms. The smallest absolute Gasteiger partial charge is 0.311 e. The lowest BCUT2D eigenvalue weighted by molar-refractivity contribution is -0.385. The molecule has 0 spiro atoms. The molecular weight excluding hydrogens is 300 g/mol. The molecule has 3 atom stereocenters. The summed E-state index contributed by atoms with van der Waals surface area (Å²) in [5.74, 6) is -0.412. The second-order valence-electron chi connectivity index (χ2n) is 6.89. The van der Waals surface area contributed by atoms with E-state index in [0.717, 1.165) is 12.5 Å². The van der Waals surface area contributed by atoms with Gasteiger partial charge < -0.3 is 14.7 Å². The van der Waals surface area contributed by atoms with Gasteiger partial charge in [-0.1, -0.05) is 13.8 Å². The predicted molar refractivity (Wildman–Crippen MR) is 82.3 cm³/mol. The Morgan fingerprint density at radius 1 is 1.48 bits per heavy atom. The molecule has 1 saturated carbocycles. The summed E-state index contributed by atoms with van der Waals surface area (Å²) in [6, 6.07) is 3.76. The quantitative estimate of drug-likeness (QED) is 0.680. The van der Waals surface area contributed by atoms with E-state index in [1.54, 1.807) is 11.9 Å². The Balaban J connectivity index is 1.86. The van der Waals surface area contributed by atoms with E-state index in [0.29, 0.717) is 12.5 Å². The van der Waals surface area contributed by atoms with Crippen molar-refractivity contribution in [1.29, 1.82) is 0 Å². The molecule has 0 unspecified atom stereocenters. The van der Waals surface area contributed by atoms with Gasteiger partial charge in [0.05, 0.1) is 11.0 Å². The number of benzene rings is 1. The molecule has 0 bridgehead atoms. The highest BCUT2D eigenvalue weighted by molar-refractivity contribution is 5.95. The first-order valence-electron chi connectivity index (χ1n) is 7.61. The molecular formula is C16H20N2O5. The normalized spacial score (nSPS) is 27.9. The Kier molecular flexibility index (Phi) is 3.55. The van der Waals surface area contributed by atoms with Crippen LogP contribution in [0, 0.1) is 21.4 Å². The van der Waals surface area contributed by atoms with E-state index >= 15 is 0 Å². The van der Waals surface area contributed by atoms with Crippen LogP contribution in [0.15, 0.2) is 18.2 Å². The first kappa shape index (κ1) is 15.7. The predicted octanol–water partition coefficient (Wildman–Crippen LogP) is 2.19. The number of phenolic OH excluding ortho intramolecular Hbond substituents is 1. The zero-order valence-electron chi connectivity index (χ0n) is 13.4. The maximum Gasteiger partial charge on any atom is 0.311 e. The number of carbonyl (C=O) groups is 1. The van der Waals surface area contributed by atoms with Gasteiger partial charge in [0.25, 0.3) is 5.91 Å². The minimum absolute atomic E-state index is 0.0374. The van der Waals surface area contributed by atoms with Gasteiger partial charge in [-0.15, -0.1) is 0 Å². The molecule has 124 valence electrons. The van der Waals surface area contributed by atoms with Crippen molar-refractivity contribution in [2.24, 2.45) is 11.3 Å². The van der Waals surface area contributed by atoms with Crippen molar-refractivity contribution in [2.75, 3.05) is 13.7 Å². The van der Waals surface area contributed by atoms with Gasteiger partial charge in [0.1, 0.15) is 0 Å². The van der Waals surface area contributed by atoms with E-state index in [2.05, 4.69) is 13.8 Å². The number of nitrogens with zero attached hydrogens (tertiary/aromatic N) is 2. The SMILES string of the molecule is CN(C(=O)c1ccc(O)c([N+](=O)[O-])c1)[C@@H]1[C@H]2CCO[C@H]2C1(C)C. The zero-order chi connectivity index (χ0) is 16.9. The lowest BCUT2D eigenvalue weighted by Gasteiger charge is -2.57. The van der Waals surface area contributed by atoms with Crippen LogP contribution in [-0.4, -0.2) is 46.6 Å². The number of fused-ring (bicyclic) bond motifs is 1. The molecule has 0 radical (unpaired) electrons. The van der Waals surface area contributed by atoms with Crippen LogP contribution in [0.4, 0.5) is 5.69 Å². The number of carbonyl (C=O) groups excluding carboxylic acids is 1. The number of ether oxygens (including phenoxy) is 1. The Morgan fingerprint density at radius 2 is 2.17 bits per heavy atom. The van der Waals surface area contributed by atoms with Crippen molar-refractivity contribution in [3.05, 3.63) is 33.9 Å². The molecule has 3 rings (SSSR count). The lowest BCUT2D eigenvalue weighted by Crippen LogP contribution is -2.66. The van der Waals surface area contributed by atoms with Crippen LogP contribution in [-0.2, 0) is 4.74 Å². The molecule has 2 aliphatic rings. The molecule has 1 aliphatic heterocycles. The number of hydrogen-bond acceptors (Lipinski definition) is 5. The maximum atomic E-state index is 12.7. The topological polar surface area (TPSA) is 92.9 Å². The molecule has 1 amide bonds.